The summed E-state index contributed by atoms with van der Waals surface area (Å²) in [5.41, 5.74) is 1.00. The second-order valence-corrected chi connectivity index (χ2v) is 8.78. The molecule has 3 rings (SSSR count). The van der Waals surface area contributed by atoms with E-state index in [-0.39, 0.29) is 11.9 Å². The highest BCUT2D eigenvalue weighted by Crippen LogP contribution is 2.27. The van der Waals surface area contributed by atoms with Gasteiger partial charge in [0.15, 0.2) is 11.5 Å². The SMILES string of the molecule is COc1ccc(CNC(=O)C(C)N2CCC(CN3CCCCCC3)CC2)cc1OC. The number of ether oxygens (including phenoxy) is 2. The van der Waals surface area contributed by atoms with E-state index in [0.717, 1.165) is 24.6 Å². The monoisotopic (exact) mass is 417 g/mol. The Kier molecular flexibility index (Phi) is 8.82. The molecule has 2 aliphatic rings. The summed E-state index contributed by atoms with van der Waals surface area (Å²) >= 11 is 0. The highest BCUT2D eigenvalue weighted by atomic mass is 16.5. The van der Waals surface area contributed by atoms with Crippen LogP contribution in [0.15, 0.2) is 18.2 Å². The molecule has 1 aromatic carbocycles. The topological polar surface area (TPSA) is 54.0 Å². The minimum Gasteiger partial charge on any atom is -0.493 e. The van der Waals surface area contributed by atoms with Gasteiger partial charge in [-0.2, -0.15) is 0 Å². The van der Waals surface area contributed by atoms with Crippen LogP contribution in [0.3, 0.4) is 0 Å². The molecule has 0 saturated carbocycles. The number of carbonyl (C=O) groups excluding carboxylic acids is 1. The Hall–Kier alpha value is -1.79. The highest BCUT2D eigenvalue weighted by Gasteiger charge is 2.27. The van der Waals surface area contributed by atoms with Gasteiger partial charge in [0.2, 0.25) is 5.91 Å². The zero-order valence-corrected chi connectivity index (χ0v) is 19.0. The second-order valence-electron chi connectivity index (χ2n) is 8.78. The first-order chi connectivity index (χ1) is 14.6. The van der Waals surface area contributed by atoms with Crippen molar-refractivity contribution in [2.75, 3.05) is 46.9 Å². The molecular weight excluding hydrogens is 378 g/mol. The van der Waals surface area contributed by atoms with Crippen LogP contribution < -0.4 is 14.8 Å². The van der Waals surface area contributed by atoms with Crippen molar-refractivity contribution in [3.05, 3.63) is 23.8 Å². The lowest BCUT2D eigenvalue weighted by Crippen LogP contribution is -2.49. The Morgan fingerprint density at radius 1 is 1.03 bits per heavy atom. The van der Waals surface area contributed by atoms with Crippen LogP contribution in [0, 0.1) is 5.92 Å². The van der Waals surface area contributed by atoms with Crippen LogP contribution in [-0.2, 0) is 11.3 Å². The van der Waals surface area contributed by atoms with E-state index in [2.05, 4.69) is 15.1 Å². The van der Waals surface area contributed by atoms with Crippen molar-refractivity contribution in [1.29, 1.82) is 0 Å². The smallest absolute Gasteiger partial charge is 0.237 e. The molecule has 0 spiro atoms. The standard InChI is InChI=1S/C24H39N3O3/c1-19(24(28)25-17-21-8-9-22(29-2)23(16-21)30-3)27-14-10-20(11-15-27)18-26-12-6-4-5-7-13-26/h8-9,16,19-20H,4-7,10-15,17-18H2,1-3H3,(H,25,28). The number of nitrogens with zero attached hydrogens (tertiary/aromatic N) is 2. The molecule has 0 bridgehead atoms. The van der Waals surface area contributed by atoms with Crippen molar-refractivity contribution in [2.45, 2.75) is 58.0 Å². The van der Waals surface area contributed by atoms with Gasteiger partial charge >= 0.3 is 0 Å². The number of carbonyl (C=O) groups is 1. The van der Waals surface area contributed by atoms with Crippen molar-refractivity contribution in [3.8, 4) is 11.5 Å². The van der Waals surface area contributed by atoms with Crippen LogP contribution in [0.2, 0.25) is 0 Å². The van der Waals surface area contributed by atoms with Gasteiger partial charge in [-0.3, -0.25) is 9.69 Å². The largest absolute Gasteiger partial charge is 0.493 e. The Morgan fingerprint density at radius 3 is 2.33 bits per heavy atom. The summed E-state index contributed by atoms with van der Waals surface area (Å²) in [4.78, 5) is 17.7. The van der Waals surface area contributed by atoms with Crippen LogP contribution in [0.4, 0.5) is 0 Å². The molecule has 0 aliphatic carbocycles. The lowest BCUT2D eigenvalue weighted by molar-refractivity contribution is -0.126. The van der Waals surface area contributed by atoms with Crippen LogP contribution in [0.5, 0.6) is 11.5 Å². The van der Waals surface area contributed by atoms with E-state index in [9.17, 15) is 4.79 Å². The van der Waals surface area contributed by atoms with Gasteiger partial charge in [-0.15, -0.1) is 0 Å². The van der Waals surface area contributed by atoms with Gasteiger partial charge < -0.3 is 19.7 Å². The number of piperidine rings is 1. The zero-order chi connectivity index (χ0) is 21.3. The molecule has 0 aromatic heterocycles. The number of likely N-dealkylation sites (tertiary alicyclic amines) is 2. The quantitative estimate of drug-likeness (QED) is 0.703. The summed E-state index contributed by atoms with van der Waals surface area (Å²) in [6, 6.07) is 5.65. The number of amides is 1. The summed E-state index contributed by atoms with van der Waals surface area (Å²) in [6.45, 7) is 8.35. The number of benzene rings is 1. The second kappa shape index (κ2) is 11.6. The molecule has 1 unspecified atom stereocenters. The van der Waals surface area contributed by atoms with E-state index < -0.39 is 0 Å². The Labute approximate surface area is 181 Å². The average molecular weight is 418 g/mol. The van der Waals surface area contributed by atoms with Gasteiger partial charge in [0.25, 0.3) is 0 Å². The summed E-state index contributed by atoms with van der Waals surface area (Å²) in [6.07, 6.45) is 7.90. The van der Waals surface area contributed by atoms with Gasteiger partial charge in [0.1, 0.15) is 0 Å². The molecule has 6 nitrogen and oxygen atoms in total. The molecule has 168 valence electrons. The predicted octanol–water partition coefficient (Wildman–Crippen LogP) is 3.30. The summed E-state index contributed by atoms with van der Waals surface area (Å²) in [7, 11) is 3.25. The van der Waals surface area contributed by atoms with E-state index >= 15 is 0 Å². The predicted molar refractivity (Wildman–Crippen MR) is 120 cm³/mol. The van der Waals surface area contributed by atoms with Crippen LogP contribution in [-0.4, -0.2) is 68.7 Å². The fourth-order valence-corrected chi connectivity index (χ4v) is 4.70. The lowest BCUT2D eigenvalue weighted by atomic mass is 9.95. The minimum atomic E-state index is -0.0933. The van der Waals surface area contributed by atoms with Crippen molar-refractivity contribution in [1.82, 2.24) is 15.1 Å². The molecule has 1 amide bonds. The third-order valence-electron chi connectivity index (χ3n) is 6.71. The first kappa shape index (κ1) is 22.9. The lowest BCUT2D eigenvalue weighted by Gasteiger charge is -2.37. The summed E-state index contributed by atoms with van der Waals surface area (Å²) in [5.74, 6) is 2.25. The molecule has 2 heterocycles. The Bertz CT molecular complexity index is 666. The number of hydrogen-bond donors (Lipinski definition) is 1. The molecule has 30 heavy (non-hydrogen) atoms. The first-order valence-electron chi connectivity index (χ1n) is 11.6. The maximum atomic E-state index is 12.7. The maximum absolute atomic E-state index is 12.7. The van der Waals surface area contributed by atoms with Crippen LogP contribution >= 0.6 is 0 Å². The molecule has 1 aromatic rings. The highest BCUT2D eigenvalue weighted by molar-refractivity contribution is 5.81. The molecular formula is C24H39N3O3. The molecule has 2 saturated heterocycles. The third kappa shape index (κ3) is 6.35. The number of hydrogen-bond acceptors (Lipinski definition) is 5. The Balaban J connectivity index is 1.42. The van der Waals surface area contributed by atoms with Gasteiger partial charge in [-0.1, -0.05) is 18.9 Å². The fourth-order valence-electron chi connectivity index (χ4n) is 4.70. The van der Waals surface area contributed by atoms with Crippen molar-refractivity contribution in [2.24, 2.45) is 5.92 Å². The maximum Gasteiger partial charge on any atom is 0.237 e. The molecule has 1 N–H and O–H groups in total. The first-order valence-corrected chi connectivity index (χ1v) is 11.6. The summed E-state index contributed by atoms with van der Waals surface area (Å²) in [5, 5.41) is 3.08. The normalized spacial score (nSPS) is 20.4. The third-order valence-corrected chi connectivity index (χ3v) is 6.71. The van der Waals surface area contributed by atoms with E-state index in [1.54, 1.807) is 14.2 Å². The van der Waals surface area contributed by atoms with Gasteiger partial charge in [-0.25, -0.2) is 0 Å². The van der Waals surface area contributed by atoms with Gasteiger partial charge in [0.05, 0.1) is 20.3 Å². The van der Waals surface area contributed by atoms with Gasteiger partial charge in [-0.05, 0) is 82.4 Å². The summed E-state index contributed by atoms with van der Waals surface area (Å²) < 4.78 is 10.6. The van der Waals surface area contributed by atoms with Crippen LogP contribution in [0.25, 0.3) is 0 Å². The molecule has 6 heteroatoms. The van der Waals surface area contributed by atoms with Crippen molar-refractivity contribution >= 4 is 5.91 Å². The molecule has 1 atom stereocenters. The van der Waals surface area contributed by atoms with Crippen LogP contribution in [0.1, 0.15) is 51.0 Å². The number of nitrogens with one attached hydrogen (secondary N) is 1. The molecule has 0 radical (unpaired) electrons. The van der Waals surface area contributed by atoms with Gasteiger partial charge in [0, 0.05) is 13.1 Å². The number of methoxy groups -OCH3 is 2. The molecule has 2 aliphatic heterocycles. The minimum absolute atomic E-state index is 0.0933. The average Bonchev–Trinajstić information content (AvgIpc) is 3.06. The van der Waals surface area contributed by atoms with E-state index in [0.29, 0.717) is 18.0 Å². The molecule has 2 fully saturated rings. The van der Waals surface area contributed by atoms with E-state index in [4.69, 9.17) is 9.47 Å². The van der Waals surface area contributed by atoms with Crippen molar-refractivity contribution < 1.29 is 14.3 Å². The Morgan fingerprint density at radius 2 is 1.70 bits per heavy atom. The zero-order valence-electron chi connectivity index (χ0n) is 19.0. The number of rotatable bonds is 8. The fraction of sp³-hybridized carbons (Fsp3) is 0.708. The van der Waals surface area contributed by atoms with E-state index in [1.807, 2.05) is 25.1 Å². The van der Waals surface area contributed by atoms with E-state index in [1.165, 1.54) is 58.2 Å². The van der Waals surface area contributed by atoms with Crippen molar-refractivity contribution in [3.63, 3.8) is 0 Å².